The molecular formula is C21H29N5O3. The molecule has 4 rings (SSSR count). The average Bonchev–Trinajstić information content (AvgIpc) is 3.13. The topological polar surface area (TPSA) is 90.3 Å². The summed E-state index contributed by atoms with van der Waals surface area (Å²) in [7, 11) is 0. The van der Waals surface area contributed by atoms with Crippen molar-refractivity contribution < 1.29 is 14.3 Å². The minimum Gasteiger partial charge on any atom is -0.486 e. The first kappa shape index (κ1) is 19.7. The summed E-state index contributed by atoms with van der Waals surface area (Å²) in [6.07, 6.45) is 2.00. The molecule has 2 aromatic rings. The number of hydrogen-bond acceptors (Lipinski definition) is 6. The molecule has 1 aromatic carbocycles. The molecule has 3 heterocycles. The second kappa shape index (κ2) is 8.02. The van der Waals surface area contributed by atoms with Crippen LogP contribution in [-0.2, 0) is 5.41 Å². The third-order valence-electron chi connectivity index (χ3n) is 5.81. The molecule has 0 bridgehead atoms. The first-order valence-corrected chi connectivity index (χ1v) is 10.3. The number of aromatic nitrogens is 3. The van der Waals surface area contributed by atoms with Crippen LogP contribution in [0.3, 0.4) is 0 Å². The van der Waals surface area contributed by atoms with E-state index in [9.17, 15) is 4.79 Å². The molecule has 0 radical (unpaired) electrons. The maximum absolute atomic E-state index is 12.8. The van der Waals surface area contributed by atoms with Crippen molar-refractivity contribution in [2.75, 3.05) is 32.8 Å². The lowest BCUT2D eigenvalue weighted by atomic mass is 9.84. The molecule has 29 heavy (non-hydrogen) atoms. The van der Waals surface area contributed by atoms with Gasteiger partial charge in [-0.3, -0.25) is 4.79 Å². The number of fused-ring (bicyclic) bond motifs is 1. The van der Waals surface area contributed by atoms with Gasteiger partial charge in [-0.15, -0.1) is 5.10 Å². The average molecular weight is 399 g/mol. The molecule has 1 amide bonds. The molecule has 0 aliphatic carbocycles. The summed E-state index contributed by atoms with van der Waals surface area (Å²) < 4.78 is 13.2. The lowest BCUT2D eigenvalue weighted by Crippen LogP contribution is -2.37. The van der Waals surface area contributed by atoms with Crippen LogP contribution in [0.4, 0.5) is 0 Å². The van der Waals surface area contributed by atoms with E-state index in [-0.39, 0.29) is 11.3 Å². The Morgan fingerprint density at radius 3 is 2.72 bits per heavy atom. The highest BCUT2D eigenvalue weighted by atomic mass is 16.6. The Bertz CT molecular complexity index is 886. The van der Waals surface area contributed by atoms with Crippen molar-refractivity contribution in [1.82, 2.24) is 25.6 Å². The second-order valence-electron chi connectivity index (χ2n) is 8.37. The van der Waals surface area contributed by atoms with E-state index >= 15 is 0 Å². The zero-order valence-corrected chi connectivity index (χ0v) is 17.3. The molecule has 0 spiro atoms. The molecule has 8 heteroatoms. The lowest BCUT2D eigenvalue weighted by molar-refractivity contribution is 0.0940. The van der Waals surface area contributed by atoms with Crippen molar-refractivity contribution in [2.45, 2.75) is 45.1 Å². The highest BCUT2D eigenvalue weighted by Gasteiger charge is 2.27. The second-order valence-corrected chi connectivity index (χ2v) is 8.37. The van der Waals surface area contributed by atoms with Gasteiger partial charge in [-0.2, -0.15) is 0 Å². The fourth-order valence-electron chi connectivity index (χ4n) is 3.90. The van der Waals surface area contributed by atoms with Crippen LogP contribution < -0.4 is 20.1 Å². The molecule has 1 saturated heterocycles. The molecule has 8 nitrogen and oxygen atoms in total. The standard InChI is InChI=1S/C21H29N5O3/c1-14-19(24-25-26(14)16-6-8-22-9-7-16)20(27)23-13-21(2,3)15-4-5-17-18(12-15)29-11-10-28-17/h4-5,12,16,22H,6-11,13H2,1-3H3,(H,23,27). The quantitative estimate of drug-likeness (QED) is 0.799. The van der Waals surface area contributed by atoms with Gasteiger partial charge < -0.3 is 20.1 Å². The van der Waals surface area contributed by atoms with Crippen LogP contribution in [-0.4, -0.2) is 53.7 Å². The highest BCUT2D eigenvalue weighted by molar-refractivity contribution is 5.93. The van der Waals surface area contributed by atoms with E-state index in [0.717, 1.165) is 48.7 Å². The zero-order chi connectivity index (χ0) is 20.4. The first-order valence-electron chi connectivity index (χ1n) is 10.3. The van der Waals surface area contributed by atoms with E-state index in [2.05, 4.69) is 34.8 Å². The lowest BCUT2D eigenvalue weighted by Gasteiger charge is -2.27. The van der Waals surface area contributed by atoms with Crippen LogP contribution in [0.15, 0.2) is 18.2 Å². The predicted octanol–water partition coefficient (Wildman–Crippen LogP) is 1.99. The zero-order valence-electron chi connectivity index (χ0n) is 17.3. The first-order chi connectivity index (χ1) is 14.0. The van der Waals surface area contributed by atoms with Gasteiger partial charge in [0.2, 0.25) is 0 Å². The number of carbonyl (C=O) groups excluding carboxylic acids is 1. The molecule has 0 unspecified atom stereocenters. The predicted molar refractivity (Wildman–Crippen MR) is 109 cm³/mol. The van der Waals surface area contributed by atoms with Crippen LogP contribution in [0.5, 0.6) is 11.5 Å². The number of nitrogens with zero attached hydrogens (tertiary/aromatic N) is 3. The molecule has 1 fully saturated rings. The van der Waals surface area contributed by atoms with Gasteiger partial charge in [0.15, 0.2) is 17.2 Å². The number of carbonyl (C=O) groups is 1. The number of nitrogens with one attached hydrogen (secondary N) is 2. The number of ether oxygens (including phenoxy) is 2. The molecule has 1 aromatic heterocycles. The van der Waals surface area contributed by atoms with E-state index in [4.69, 9.17) is 9.47 Å². The van der Waals surface area contributed by atoms with Crippen LogP contribution in [0.25, 0.3) is 0 Å². The van der Waals surface area contributed by atoms with Gasteiger partial charge >= 0.3 is 0 Å². The Balaban J connectivity index is 1.43. The normalized spacial score (nSPS) is 17.2. The van der Waals surface area contributed by atoms with E-state index in [1.165, 1.54) is 0 Å². The molecule has 156 valence electrons. The van der Waals surface area contributed by atoms with Crippen molar-refractivity contribution in [3.8, 4) is 11.5 Å². The van der Waals surface area contributed by atoms with E-state index in [0.29, 0.717) is 31.5 Å². The summed E-state index contributed by atoms with van der Waals surface area (Å²) in [6, 6.07) is 6.26. The van der Waals surface area contributed by atoms with E-state index in [1.807, 2.05) is 29.8 Å². The number of rotatable bonds is 5. The number of amides is 1. The highest BCUT2D eigenvalue weighted by Crippen LogP contribution is 2.35. The van der Waals surface area contributed by atoms with Gasteiger partial charge in [-0.05, 0) is 50.6 Å². The van der Waals surface area contributed by atoms with E-state index in [1.54, 1.807) is 0 Å². The van der Waals surface area contributed by atoms with Crippen LogP contribution in [0.1, 0.15) is 54.5 Å². The summed E-state index contributed by atoms with van der Waals surface area (Å²) in [5.41, 5.74) is 2.04. The Morgan fingerprint density at radius 2 is 1.97 bits per heavy atom. The Morgan fingerprint density at radius 1 is 1.24 bits per heavy atom. The molecule has 2 aliphatic heterocycles. The summed E-state index contributed by atoms with van der Waals surface area (Å²) in [5, 5.41) is 14.8. The van der Waals surface area contributed by atoms with Gasteiger partial charge in [0, 0.05) is 12.0 Å². The van der Waals surface area contributed by atoms with Crippen molar-refractivity contribution in [1.29, 1.82) is 0 Å². The number of piperidine rings is 1. The molecular weight excluding hydrogens is 370 g/mol. The largest absolute Gasteiger partial charge is 0.486 e. The monoisotopic (exact) mass is 399 g/mol. The van der Waals surface area contributed by atoms with Gasteiger partial charge in [0.25, 0.3) is 5.91 Å². The fourth-order valence-corrected chi connectivity index (χ4v) is 3.90. The van der Waals surface area contributed by atoms with Crippen molar-refractivity contribution in [3.63, 3.8) is 0 Å². The fraction of sp³-hybridized carbons (Fsp3) is 0.571. The SMILES string of the molecule is Cc1c(C(=O)NCC(C)(C)c2ccc3c(c2)OCCO3)nnn1C1CCNCC1. The van der Waals surface area contributed by atoms with Gasteiger partial charge in [-0.1, -0.05) is 25.1 Å². The minimum absolute atomic E-state index is 0.187. The molecule has 2 aliphatic rings. The van der Waals surface area contributed by atoms with Crippen LogP contribution in [0.2, 0.25) is 0 Å². The maximum atomic E-state index is 12.8. The Labute approximate surface area is 171 Å². The Kier molecular flexibility index (Phi) is 5.45. The maximum Gasteiger partial charge on any atom is 0.273 e. The number of benzene rings is 1. The smallest absolute Gasteiger partial charge is 0.273 e. The third kappa shape index (κ3) is 4.07. The Hall–Kier alpha value is -2.61. The van der Waals surface area contributed by atoms with Crippen molar-refractivity contribution >= 4 is 5.91 Å². The summed E-state index contributed by atoms with van der Waals surface area (Å²) in [5.74, 6) is 1.34. The van der Waals surface area contributed by atoms with Gasteiger partial charge in [-0.25, -0.2) is 4.68 Å². The number of hydrogen-bond donors (Lipinski definition) is 2. The summed E-state index contributed by atoms with van der Waals surface area (Å²) in [4.78, 5) is 12.8. The van der Waals surface area contributed by atoms with Crippen LogP contribution >= 0.6 is 0 Å². The van der Waals surface area contributed by atoms with Gasteiger partial charge in [0.05, 0.1) is 11.7 Å². The minimum atomic E-state index is -0.273. The van der Waals surface area contributed by atoms with Crippen molar-refractivity contribution in [3.05, 3.63) is 35.2 Å². The molecule has 0 saturated carbocycles. The third-order valence-corrected chi connectivity index (χ3v) is 5.81. The van der Waals surface area contributed by atoms with Crippen molar-refractivity contribution in [2.24, 2.45) is 0 Å². The molecule has 0 atom stereocenters. The van der Waals surface area contributed by atoms with E-state index < -0.39 is 0 Å². The van der Waals surface area contributed by atoms with Crippen LogP contribution in [0, 0.1) is 6.92 Å². The van der Waals surface area contributed by atoms with Gasteiger partial charge in [0.1, 0.15) is 13.2 Å². The summed E-state index contributed by atoms with van der Waals surface area (Å²) >= 11 is 0. The molecule has 2 N–H and O–H groups in total. The summed E-state index contributed by atoms with van der Waals surface area (Å²) in [6.45, 7) is 9.65.